The molecule has 0 bridgehead atoms. The summed E-state index contributed by atoms with van der Waals surface area (Å²) >= 11 is 0. The average molecular weight is 544 g/mol. The zero-order chi connectivity index (χ0) is 27.6. The zero-order valence-corrected chi connectivity index (χ0v) is 20.3. The lowest BCUT2D eigenvalue weighted by Crippen LogP contribution is -2.69. The van der Waals surface area contributed by atoms with Crippen molar-refractivity contribution < 1.29 is 74.4 Å². The molecule has 10 N–H and O–H groups in total. The van der Waals surface area contributed by atoms with E-state index in [2.05, 4.69) is 5.32 Å². The fourth-order valence-electron chi connectivity index (χ4n) is 4.70. The van der Waals surface area contributed by atoms with Crippen LogP contribution in [0, 0.1) is 0 Å². The molecule has 16 heteroatoms. The summed E-state index contributed by atoms with van der Waals surface area (Å²) in [5, 5.41) is 93.3. The predicted octanol–water partition coefficient (Wildman–Crippen LogP) is -6.36. The van der Waals surface area contributed by atoms with E-state index >= 15 is 0 Å². The molecule has 0 aromatic heterocycles. The Morgan fingerprint density at radius 3 is 1.76 bits per heavy atom. The van der Waals surface area contributed by atoms with Gasteiger partial charge in [0.2, 0.25) is 5.91 Å². The van der Waals surface area contributed by atoms with E-state index in [9.17, 15) is 50.8 Å². The average Bonchev–Trinajstić information content (AvgIpc) is 2.86. The Morgan fingerprint density at radius 2 is 1.19 bits per heavy atom. The Balaban J connectivity index is 1.81. The summed E-state index contributed by atoms with van der Waals surface area (Å²) in [6, 6.07) is -1.37. The third kappa shape index (κ3) is 6.39. The summed E-state index contributed by atoms with van der Waals surface area (Å²) in [5.41, 5.74) is 0. The van der Waals surface area contributed by atoms with Crippen LogP contribution < -0.4 is 5.32 Å². The molecule has 3 heterocycles. The molecule has 3 aliphatic rings. The van der Waals surface area contributed by atoms with Crippen LogP contribution in [0.25, 0.3) is 0 Å². The van der Waals surface area contributed by atoms with Crippen LogP contribution in [0.3, 0.4) is 0 Å². The summed E-state index contributed by atoms with van der Waals surface area (Å²) in [7, 11) is 0. The molecule has 16 nitrogen and oxygen atoms in total. The third-order valence-electron chi connectivity index (χ3n) is 6.75. The fourth-order valence-corrected chi connectivity index (χ4v) is 4.70. The Hall–Kier alpha value is -1.09. The SMILES string of the molecule is CC(=O)NC1C(O)[C@H](OC2OC(CO)[C@H](O)[C@H](O)[C@@H]2O)[C@H](CO)O[C@H]1OC1[C@@H](O)[C@H](O)C(CO)O[C@@H]1C. The molecule has 3 saturated heterocycles. The lowest BCUT2D eigenvalue weighted by atomic mass is 9.93. The van der Waals surface area contributed by atoms with Gasteiger partial charge in [-0.3, -0.25) is 4.79 Å². The number of rotatable bonds is 8. The highest BCUT2D eigenvalue weighted by Gasteiger charge is 2.53. The number of hydrogen-bond acceptors (Lipinski definition) is 15. The Kier molecular flexibility index (Phi) is 10.6. The van der Waals surface area contributed by atoms with E-state index in [0.29, 0.717) is 0 Å². The van der Waals surface area contributed by atoms with E-state index < -0.39 is 118 Å². The minimum Gasteiger partial charge on any atom is -0.394 e. The smallest absolute Gasteiger partial charge is 0.217 e. The second kappa shape index (κ2) is 12.8. The minimum atomic E-state index is -1.81. The van der Waals surface area contributed by atoms with E-state index in [1.54, 1.807) is 0 Å². The third-order valence-corrected chi connectivity index (χ3v) is 6.75. The van der Waals surface area contributed by atoms with Gasteiger partial charge in [0.25, 0.3) is 0 Å². The van der Waals surface area contributed by atoms with Gasteiger partial charge in [-0.1, -0.05) is 0 Å². The van der Waals surface area contributed by atoms with Crippen LogP contribution in [0.4, 0.5) is 0 Å². The number of aliphatic hydroxyl groups excluding tert-OH is 9. The predicted molar refractivity (Wildman–Crippen MR) is 116 cm³/mol. The monoisotopic (exact) mass is 543 g/mol. The highest BCUT2D eigenvalue weighted by molar-refractivity contribution is 5.73. The molecular formula is C21H37NO15. The minimum absolute atomic E-state index is 0.563. The van der Waals surface area contributed by atoms with Crippen LogP contribution in [0.15, 0.2) is 0 Å². The van der Waals surface area contributed by atoms with Gasteiger partial charge >= 0.3 is 0 Å². The summed E-state index contributed by atoms with van der Waals surface area (Å²) < 4.78 is 27.9. The normalized spacial score (nSPS) is 49.0. The maximum absolute atomic E-state index is 11.9. The maximum Gasteiger partial charge on any atom is 0.217 e. The van der Waals surface area contributed by atoms with Gasteiger partial charge in [-0.15, -0.1) is 0 Å². The van der Waals surface area contributed by atoms with Crippen LogP contribution in [0.2, 0.25) is 0 Å². The van der Waals surface area contributed by atoms with Crippen molar-refractivity contribution in [2.45, 2.75) is 106 Å². The summed E-state index contributed by atoms with van der Waals surface area (Å²) in [6.45, 7) is 0.595. The molecule has 0 aromatic rings. The van der Waals surface area contributed by atoms with Gasteiger partial charge in [0.05, 0.1) is 25.9 Å². The molecule has 0 spiro atoms. The number of carbonyl (C=O) groups is 1. The summed E-state index contributed by atoms with van der Waals surface area (Å²) in [4.78, 5) is 11.9. The van der Waals surface area contributed by atoms with Crippen LogP contribution in [0.1, 0.15) is 13.8 Å². The molecule has 216 valence electrons. The Labute approximate surface area is 211 Å². The van der Waals surface area contributed by atoms with Crippen molar-refractivity contribution in [3.8, 4) is 0 Å². The summed E-state index contributed by atoms with van der Waals surface area (Å²) in [6.07, 6.45) is -20.5. The van der Waals surface area contributed by atoms with E-state index in [-0.39, 0.29) is 0 Å². The van der Waals surface area contributed by atoms with E-state index in [0.717, 1.165) is 6.92 Å². The van der Waals surface area contributed by atoms with E-state index in [4.69, 9.17) is 23.7 Å². The van der Waals surface area contributed by atoms with Gasteiger partial charge < -0.3 is 75.0 Å². The van der Waals surface area contributed by atoms with Gasteiger partial charge in [0.1, 0.15) is 73.2 Å². The molecule has 3 aliphatic heterocycles. The van der Waals surface area contributed by atoms with Crippen molar-refractivity contribution in [3.05, 3.63) is 0 Å². The van der Waals surface area contributed by atoms with Crippen LogP contribution >= 0.6 is 0 Å². The van der Waals surface area contributed by atoms with Gasteiger partial charge in [-0.25, -0.2) is 0 Å². The fraction of sp³-hybridized carbons (Fsp3) is 0.952. The molecule has 6 unspecified atom stereocenters. The number of amides is 1. The quantitative estimate of drug-likeness (QED) is 0.137. The first-order valence-corrected chi connectivity index (χ1v) is 11.9. The van der Waals surface area contributed by atoms with Crippen molar-refractivity contribution in [1.29, 1.82) is 0 Å². The van der Waals surface area contributed by atoms with Gasteiger partial charge in [0, 0.05) is 6.92 Å². The van der Waals surface area contributed by atoms with E-state index in [1.807, 2.05) is 0 Å². The highest BCUT2D eigenvalue weighted by atomic mass is 16.7. The first kappa shape index (κ1) is 30.5. The topological polar surface area (TPSA) is 257 Å². The zero-order valence-electron chi connectivity index (χ0n) is 20.3. The summed E-state index contributed by atoms with van der Waals surface area (Å²) in [5.74, 6) is -0.621. The number of nitrogens with one attached hydrogen (secondary N) is 1. The van der Waals surface area contributed by atoms with Crippen molar-refractivity contribution in [2.75, 3.05) is 19.8 Å². The van der Waals surface area contributed by atoms with E-state index in [1.165, 1.54) is 6.92 Å². The largest absolute Gasteiger partial charge is 0.394 e. The van der Waals surface area contributed by atoms with Crippen molar-refractivity contribution in [3.63, 3.8) is 0 Å². The molecule has 37 heavy (non-hydrogen) atoms. The molecule has 3 rings (SSSR count). The lowest BCUT2D eigenvalue weighted by molar-refractivity contribution is -0.359. The van der Waals surface area contributed by atoms with Gasteiger partial charge in [0.15, 0.2) is 12.6 Å². The Morgan fingerprint density at radius 1 is 0.676 bits per heavy atom. The highest BCUT2D eigenvalue weighted by Crippen LogP contribution is 2.32. The molecule has 1 amide bonds. The molecule has 0 radical (unpaired) electrons. The van der Waals surface area contributed by atoms with Crippen molar-refractivity contribution in [2.24, 2.45) is 0 Å². The molecule has 0 aromatic carbocycles. The molecule has 3 fully saturated rings. The molecular weight excluding hydrogens is 506 g/mol. The number of hydrogen-bond donors (Lipinski definition) is 10. The number of ether oxygens (including phenoxy) is 5. The second-order valence-corrected chi connectivity index (χ2v) is 9.38. The van der Waals surface area contributed by atoms with Crippen molar-refractivity contribution in [1.82, 2.24) is 5.32 Å². The van der Waals surface area contributed by atoms with Gasteiger partial charge in [-0.05, 0) is 6.92 Å². The van der Waals surface area contributed by atoms with Crippen LogP contribution in [-0.4, -0.2) is 164 Å². The molecule has 0 aliphatic carbocycles. The maximum atomic E-state index is 11.9. The number of aliphatic hydroxyl groups is 9. The second-order valence-electron chi connectivity index (χ2n) is 9.38. The van der Waals surface area contributed by atoms with Crippen molar-refractivity contribution >= 4 is 5.91 Å². The molecule has 0 saturated carbocycles. The van der Waals surface area contributed by atoms with Gasteiger partial charge in [-0.2, -0.15) is 0 Å². The standard InChI is InChI=1S/C21H37NO15/c1-6-18(16(31)13(28)8(3-23)33-6)36-20-11(22-7(2)26)14(29)19(10(5-25)35-20)37-21-17(32)15(30)12(27)9(4-24)34-21/h6,8-21,23-25,27-32H,3-5H2,1-2H3,(H,22,26)/t6-,8?,9?,10+,11?,12+,13-,14?,15+,16+,17+,18?,19-,20+,21?/m1/s1. The van der Waals surface area contributed by atoms with Crippen LogP contribution in [-0.2, 0) is 28.5 Å². The lowest BCUT2D eigenvalue weighted by Gasteiger charge is -2.49. The first-order valence-electron chi connectivity index (χ1n) is 11.9. The Bertz CT molecular complexity index is 745. The first-order chi connectivity index (χ1) is 17.4. The number of carbonyl (C=O) groups excluding carboxylic acids is 1. The van der Waals surface area contributed by atoms with Crippen LogP contribution in [0.5, 0.6) is 0 Å². The molecule has 15 atom stereocenters.